The predicted octanol–water partition coefficient (Wildman–Crippen LogP) is 2.07. The van der Waals surface area contributed by atoms with E-state index in [1.165, 1.54) is 38.5 Å². The highest BCUT2D eigenvalue weighted by Gasteiger charge is 2.31. The summed E-state index contributed by atoms with van der Waals surface area (Å²) in [5, 5.41) is 6.52. The Morgan fingerprint density at radius 3 is 2.47 bits per heavy atom. The fraction of sp³-hybridized carbons (Fsp3) is 0.929. The van der Waals surface area contributed by atoms with E-state index in [1.807, 2.05) is 0 Å². The van der Waals surface area contributed by atoms with Crippen molar-refractivity contribution < 1.29 is 4.79 Å². The van der Waals surface area contributed by atoms with E-state index in [2.05, 4.69) is 10.6 Å². The van der Waals surface area contributed by atoms with Gasteiger partial charge in [-0.2, -0.15) is 0 Å². The van der Waals surface area contributed by atoms with Crippen molar-refractivity contribution >= 4 is 5.91 Å². The molecule has 2 N–H and O–H groups in total. The molecule has 0 heterocycles. The molecule has 2 fully saturated rings. The summed E-state index contributed by atoms with van der Waals surface area (Å²) in [5.41, 5.74) is 0. The maximum atomic E-state index is 10.7. The van der Waals surface area contributed by atoms with Gasteiger partial charge in [0.1, 0.15) is 0 Å². The number of hydrogen-bond acceptors (Lipinski definition) is 2. The van der Waals surface area contributed by atoms with Gasteiger partial charge in [0, 0.05) is 19.5 Å². The minimum Gasteiger partial charge on any atom is -0.356 e. The number of rotatable bonds is 5. The number of amides is 1. The highest BCUT2D eigenvalue weighted by atomic mass is 16.1. The summed E-state index contributed by atoms with van der Waals surface area (Å²) in [4.78, 5) is 10.7. The molecule has 0 spiro atoms. The third-order valence-corrected chi connectivity index (χ3v) is 4.29. The Kier molecular flexibility index (Phi) is 4.84. The Labute approximate surface area is 105 Å². The molecule has 0 radical (unpaired) electrons. The monoisotopic (exact) mass is 238 g/mol. The van der Waals surface area contributed by atoms with Gasteiger partial charge >= 0.3 is 0 Å². The van der Waals surface area contributed by atoms with Gasteiger partial charge in [-0.3, -0.25) is 4.79 Å². The normalized spacial score (nSPS) is 32.2. The molecule has 2 saturated carbocycles. The van der Waals surface area contributed by atoms with Crippen LogP contribution in [0.2, 0.25) is 0 Å². The molecule has 2 unspecified atom stereocenters. The highest BCUT2D eigenvalue weighted by molar-refractivity contribution is 5.72. The quantitative estimate of drug-likeness (QED) is 0.720. The Hall–Kier alpha value is -0.570. The third-order valence-electron chi connectivity index (χ3n) is 4.29. The third kappa shape index (κ3) is 4.30. The average molecular weight is 238 g/mol. The molecule has 0 saturated heterocycles. The second kappa shape index (κ2) is 6.39. The van der Waals surface area contributed by atoms with E-state index in [9.17, 15) is 4.79 Å². The van der Waals surface area contributed by atoms with Crippen molar-refractivity contribution in [1.29, 1.82) is 0 Å². The van der Waals surface area contributed by atoms with E-state index in [1.54, 1.807) is 6.92 Å². The molecule has 3 nitrogen and oxygen atoms in total. The van der Waals surface area contributed by atoms with Gasteiger partial charge in [-0.15, -0.1) is 0 Å². The van der Waals surface area contributed by atoms with Gasteiger partial charge < -0.3 is 10.6 Å². The Bertz CT molecular complexity index is 243. The summed E-state index contributed by atoms with van der Waals surface area (Å²) < 4.78 is 0. The molecule has 2 aliphatic rings. The summed E-state index contributed by atoms with van der Waals surface area (Å²) >= 11 is 0. The van der Waals surface area contributed by atoms with Crippen LogP contribution in [-0.4, -0.2) is 25.0 Å². The van der Waals surface area contributed by atoms with Gasteiger partial charge in [-0.05, 0) is 44.1 Å². The van der Waals surface area contributed by atoms with E-state index in [-0.39, 0.29) is 5.91 Å². The van der Waals surface area contributed by atoms with Gasteiger partial charge in [-0.25, -0.2) is 0 Å². The molecular formula is C14H26N2O. The number of carbonyl (C=O) groups is 1. The molecule has 0 aromatic heterocycles. The summed E-state index contributed by atoms with van der Waals surface area (Å²) in [5.74, 6) is 2.07. The van der Waals surface area contributed by atoms with Gasteiger partial charge in [0.2, 0.25) is 5.91 Å². The fourth-order valence-corrected chi connectivity index (χ4v) is 3.56. The number of fused-ring (bicyclic) bond motifs is 2. The van der Waals surface area contributed by atoms with Crippen molar-refractivity contribution in [2.45, 2.75) is 57.9 Å². The molecule has 1 amide bonds. The van der Waals surface area contributed by atoms with Crippen LogP contribution >= 0.6 is 0 Å². The van der Waals surface area contributed by atoms with E-state index in [0.717, 1.165) is 37.4 Å². The molecule has 0 aromatic rings. The molecule has 2 rings (SSSR count). The zero-order valence-corrected chi connectivity index (χ0v) is 11.0. The largest absolute Gasteiger partial charge is 0.356 e. The van der Waals surface area contributed by atoms with E-state index in [4.69, 9.17) is 0 Å². The van der Waals surface area contributed by atoms with Crippen LogP contribution in [0.3, 0.4) is 0 Å². The van der Waals surface area contributed by atoms with Crippen molar-refractivity contribution in [3.63, 3.8) is 0 Å². The average Bonchev–Trinajstić information content (AvgIpc) is 2.27. The first-order chi connectivity index (χ1) is 8.24. The smallest absolute Gasteiger partial charge is 0.216 e. The van der Waals surface area contributed by atoms with Crippen LogP contribution in [0.4, 0.5) is 0 Å². The van der Waals surface area contributed by atoms with Crippen LogP contribution in [0.25, 0.3) is 0 Å². The first-order valence-corrected chi connectivity index (χ1v) is 7.22. The van der Waals surface area contributed by atoms with Crippen LogP contribution in [-0.2, 0) is 4.79 Å². The molecule has 0 aliphatic heterocycles. The lowest BCUT2D eigenvalue weighted by Gasteiger charge is -2.39. The first kappa shape index (κ1) is 12.9. The van der Waals surface area contributed by atoms with Crippen LogP contribution in [0.5, 0.6) is 0 Å². The summed E-state index contributed by atoms with van der Waals surface area (Å²) in [6.45, 7) is 3.43. The topological polar surface area (TPSA) is 41.1 Å². The molecule has 98 valence electrons. The van der Waals surface area contributed by atoms with Crippen molar-refractivity contribution in [2.24, 2.45) is 11.8 Å². The van der Waals surface area contributed by atoms with E-state index < -0.39 is 0 Å². The van der Waals surface area contributed by atoms with Crippen LogP contribution < -0.4 is 10.6 Å². The van der Waals surface area contributed by atoms with Crippen molar-refractivity contribution in [3.8, 4) is 0 Å². The van der Waals surface area contributed by atoms with Gasteiger partial charge in [-0.1, -0.05) is 19.3 Å². The number of carbonyl (C=O) groups excluding carboxylic acids is 1. The first-order valence-electron chi connectivity index (χ1n) is 7.22. The Morgan fingerprint density at radius 2 is 1.82 bits per heavy atom. The highest BCUT2D eigenvalue weighted by Crippen LogP contribution is 2.39. The Balaban J connectivity index is 1.58. The van der Waals surface area contributed by atoms with Crippen LogP contribution in [0.1, 0.15) is 51.9 Å². The Morgan fingerprint density at radius 1 is 1.12 bits per heavy atom. The fourth-order valence-electron chi connectivity index (χ4n) is 3.56. The van der Waals surface area contributed by atoms with Crippen molar-refractivity contribution in [3.05, 3.63) is 0 Å². The predicted molar refractivity (Wildman–Crippen MR) is 69.8 cm³/mol. The second-order valence-corrected chi connectivity index (χ2v) is 5.86. The summed E-state index contributed by atoms with van der Waals surface area (Å²) in [7, 11) is 0. The van der Waals surface area contributed by atoms with E-state index in [0.29, 0.717) is 0 Å². The second-order valence-electron chi connectivity index (χ2n) is 5.86. The lowest BCUT2D eigenvalue weighted by molar-refractivity contribution is -0.118. The minimum absolute atomic E-state index is 0.0807. The van der Waals surface area contributed by atoms with Crippen LogP contribution in [0, 0.1) is 11.8 Å². The SMILES string of the molecule is CC(=O)NCCCNC1CC2CCCC(C2)C1. The standard InChI is InChI=1S/C14H26N2O/c1-11(17)15-6-3-7-16-14-9-12-4-2-5-13(8-12)10-14/h12-14,16H,2-10H2,1H3,(H,15,17). The molecule has 0 aromatic carbocycles. The molecule has 2 atom stereocenters. The van der Waals surface area contributed by atoms with Gasteiger partial charge in [0.15, 0.2) is 0 Å². The lowest BCUT2D eigenvalue weighted by atomic mass is 9.70. The molecule has 2 bridgehead atoms. The maximum absolute atomic E-state index is 10.7. The zero-order valence-electron chi connectivity index (χ0n) is 11.0. The molecule has 3 heteroatoms. The lowest BCUT2D eigenvalue weighted by Crippen LogP contribution is -2.40. The molecule has 17 heavy (non-hydrogen) atoms. The number of hydrogen-bond donors (Lipinski definition) is 2. The summed E-state index contributed by atoms with van der Waals surface area (Å²) in [6.07, 6.45) is 9.69. The minimum atomic E-state index is 0.0807. The summed E-state index contributed by atoms with van der Waals surface area (Å²) in [6, 6.07) is 0.747. The number of nitrogens with one attached hydrogen (secondary N) is 2. The zero-order chi connectivity index (χ0) is 12.1. The molecule has 2 aliphatic carbocycles. The maximum Gasteiger partial charge on any atom is 0.216 e. The van der Waals surface area contributed by atoms with E-state index >= 15 is 0 Å². The van der Waals surface area contributed by atoms with Gasteiger partial charge in [0.05, 0.1) is 0 Å². The van der Waals surface area contributed by atoms with Gasteiger partial charge in [0.25, 0.3) is 0 Å². The van der Waals surface area contributed by atoms with Crippen molar-refractivity contribution in [2.75, 3.05) is 13.1 Å². The van der Waals surface area contributed by atoms with Crippen molar-refractivity contribution in [1.82, 2.24) is 10.6 Å². The van der Waals surface area contributed by atoms with Crippen LogP contribution in [0.15, 0.2) is 0 Å². The molecular weight excluding hydrogens is 212 g/mol.